The third-order valence-electron chi connectivity index (χ3n) is 3.24. The molecule has 0 spiro atoms. The van der Waals surface area contributed by atoms with Gasteiger partial charge < -0.3 is 9.64 Å². The van der Waals surface area contributed by atoms with Gasteiger partial charge in [0.25, 0.3) is 0 Å². The fourth-order valence-electron chi connectivity index (χ4n) is 2.20. The van der Waals surface area contributed by atoms with Crippen LogP contribution in [-0.4, -0.2) is 34.5 Å². The maximum absolute atomic E-state index is 12.1. The third kappa shape index (κ3) is 3.25. The van der Waals surface area contributed by atoms with Crippen molar-refractivity contribution < 1.29 is 17.9 Å². The zero-order valence-corrected chi connectivity index (χ0v) is 12.6. The average molecular weight is 310 g/mol. The first kappa shape index (κ1) is 15.5. The van der Waals surface area contributed by atoms with E-state index in [1.165, 1.54) is 25.3 Å². The zero-order valence-electron chi connectivity index (χ0n) is 11.8. The SMILES string of the molecule is C=CCNS(=O)(=O)c1ccc(OC)c(N2CCCC2=O)c1. The van der Waals surface area contributed by atoms with Gasteiger partial charge in [0.05, 0.1) is 17.7 Å². The molecule has 1 aliphatic rings. The van der Waals surface area contributed by atoms with Crippen LogP contribution in [0.3, 0.4) is 0 Å². The van der Waals surface area contributed by atoms with Crippen molar-refractivity contribution in [2.45, 2.75) is 17.7 Å². The molecule has 7 heteroatoms. The van der Waals surface area contributed by atoms with Gasteiger partial charge in [-0.2, -0.15) is 0 Å². The molecule has 0 aromatic heterocycles. The smallest absolute Gasteiger partial charge is 0.240 e. The molecule has 2 rings (SSSR count). The van der Waals surface area contributed by atoms with E-state index in [1.54, 1.807) is 11.0 Å². The molecule has 1 aliphatic heterocycles. The summed E-state index contributed by atoms with van der Waals surface area (Å²) in [5.41, 5.74) is 0.487. The molecule has 1 saturated heterocycles. The zero-order chi connectivity index (χ0) is 15.5. The van der Waals surface area contributed by atoms with E-state index in [-0.39, 0.29) is 17.3 Å². The van der Waals surface area contributed by atoms with Crippen LogP contribution in [0.25, 0.3) is 0 Å². The highest BCUT2D eigenvalue weighted by atomic mass is 32.2. The predicted octanol–water partition coefficient (Wildman–Crippen LogP) is 1.29. The molecule has 0 unspecified atom stereocenters. The first-order chi connectivity index (χ1) is 9.99. The summed E-state index contributed by atoms with van der Waals surface area (Å²) < 4.78 is 31.9. The lowest BCUT2D eigenvalue weighted by Gasteiger charge is -2.20. The Balaban J connectivity index is 2.42. The highest BCUT2D eigenvalue weighted by molar-refractivity contribution is 7.89. The lowest BCUT2D eigenvalue weighted by atomic mass is 10.2. The molecule has 0 aliphatic carbocycles. The van der Waals surface area contributed by atoms with Gasteiger partial charge in [-0.15, -0.1) is 6.58 Å². The predicted molar refractivity (Wildman–Crippen MR) is 80.0 cm³/mol. The molecular weight excluding hydrogens is 292 g/mol. The van der Waals surface area contributed by atoms with E-state index in [2.05, 4.69) is 11.3 Å². The van der Waals surface area contributed by atoms with Crippen LogP contribution in [0.2, 0.25) is 0 Å². The van der Waals surface area contributed by atoms with Crippen molar-refractivity contribution in [2.24, 2.45) is 0 Å². The van der Waals surface area contributed by atoms with Gasteiger partial charge in [0.1, 0.15) is 5.75 Å². The monoisotopic (exact) mass is 310 g/mol. The van der Waals surface area contributed by atoms with Crippen LogP contribution in [0.5, 0.6) is 5.75 Å². The number of methoxy groups -OCH3 is 1. The van der Waals surface area contributed by atoms with Gasteiger partial charge >= 0.3 is 0 Å². The topological polar surface area (TPSA) is 75.7 Å². The summed E-state index contributed by atoms with van der Waals surface area (Å²) in [6, 6.07) is 4.48. The number of benzene rings is 1. The molecule has 1 fully saturated rings. The largest absolute Gasteiger partial charge is 0.495 e. The quantitative estimate of drug-likeness (QED) is 0.803. The molecule has 6 nitrogen and oxygen atoms in total. The minimum Gasteiger partial charge on any atom is -0.495 e. The van der Waals surface area contributed by atoms with E-state index in [0.29, 0.717) is 24.4 Å². The molecule has 0 bridgehead atoms. The Morgan fingerprint density at radius 3 is 2.81 bits per heavy atom. The van der Waals surface area contributed by atoms with Gasteiger partial charge in [-0.25, -0.2) is 13.1 Å². The second-order valence-electron chi connectivity index (χ2n) is 4.62. The van der Waals surface area contributed by atoms with Crippen LogP contribution >= 0.6 is 0 Å². The lowest BCUT2D eigenvalue weighted by Crippen LogP contribution is -2.26. The summed E-state index contributed by atoms with van der Waals surface area (Å²) in [4.78, 5) is 13.5. The Morgan fingerprint density at radius 1 is 1.48 bits per heavy atom. The minimum absolute atomic E-state index is 0.0260. The number of hydrogen-bond donors (Lipinski definition) is 1. The number of carbonyl (C=O) groups excluding carboxylic acids is 1. The van der Waals surface area contributed by atoms with Crippen molar-refractivity contribution in [3.05, 3.63) is 30.9 Å². The number of ether oxygens (including phenoxy) is 1. The van der Waals surface area contributed by atoms with Crippen LogP contribution in [0.1, 0.15) is 12.8 Å². The van der Waals surface area contributed by atoms with E-state index in [4.69, 9.17) is 4.74 Å². The molecule has 1 N–H and O–H groups in total. The molecule has 1 aromatic rings. The van der Waals surface area contributed by atoms with Crippen molar-refractivity contribution in [3.63, 3.8) is 0 Å². The Morgan fingerprint density at radius 2 is 2.24 bits per heavy atom. The standard InChI is InChI=1S/C14H18N2O4S/c1-3-8-15-21(18,19)11-6-7-13(20-2)12(10-11)16-9-4-5-14(16)17/h3,6-7,10,15H,1,4-5,8-9H2,2H3. The van der Waals surface area contributed by atoms with Gasteiger partial charge in [0.15, 0.2) is 0 Å². The van der Waals surface area contributed by atoms with Crippen LogP contribution < -0.4 is 14.4 Å². The van der Waals surface area contributed by atoms with Crippen molar-refractivity contribution in [1.82, 2.24) is 4.72 Å². The number of sulfonamides is 1. The molecule has 0 saturated carbocycles. The first-order valence-electron chi connectivity index (χ1n) is 6.58. The maximum atomic E-state index is 12.1. The summed E-state index contributed by atoms with van der Waals surface area (Å²) in [5, 5.41) is 0. The molecule has 0 radical (unpaired) electrons. The fourth-order valence-corrected chi connectivity index (χ4v) is 3.22. The second kappa shape index (κ2) is 6.28. The molecular formula is C14H18N2O4S. The van der Waals surface area contributed by atoms with E-state index in [1.807, 2.05) is 0 Å². The number of hydrogen-bond acceptors (Lipinski definition) is 4. The fraction of sp³-hybridized carbons (Fsp3) is 0.357. The number of rotatable bonds is 6. The Bertz CT molecular complexity index is 655. The van der Waals surface area contributed by atoms with Gasteiger partial charge in [0.2, 0.25) is 15.9 Å². The molecule has 0 atom stereocenters. The Hall–Kier alpha value is -1.86. The molecule has 21 heavy (non-hydrogen) atoms. The van der Waals surface area contributed by atoms with E-state index < -0.39 is 10.0 Å². The minimum atomic E-state index is -3.63. The van der Waals surface area contributed by atoms with Crippen LogP contribution in [-0.2, 0) is 14.8 Å². The normalized spacial score (nSPS) is 15.3. The second-order valence-corrected chi connectivity index (χ2v) is 6.39. The van der Waals surface area contributed by atoms with Gasteiger partial charge in [-0.1, -0.05) is 6.08 Å². The van der Waals surface area contributed by atoms with Crippen molar-refractivity contribution >= 4 is 21.6 Å². The number of amides is 1. The molecule has 1 aromatic carbocycles. The Labute approximate surface area is 124 Å². The van der Waals surface area contributed by atoms with Gasteiger partial charge in [-0.3, -0.25) is 4.79 Å². The summed E-state index contributed by atoms with van der Waals surface area (Å²) in [6.07, 6.45) is 2.69. The van der Waals surface area contributed by atoms with Crippen molar-refractivity contribution in [1.29, 1.82) is 0 Å². The summed E-state index contributed by atoms with van der Waals surface area (Å²) in [6.45, 7) is 4.19. The van der Waals surface area contributed by atoms with Crippen LogP contribution in [0.4, 0.5) is 5.69 Å². The maximum Gasteiger partial charge on any atom is 0.240 e. The van der Waals surface area contributed by atoms with Gasteiger partial charge in [0, 0.05) is 19.5 Å². The third-order valence-corrected chi connectivity index (χ3v) is 4.66. The van der Waals surface area contributed by atoms with Crippen LogP contribution in [0, 0.1) is 0 Å². The summed E-state index contributed by atoms with van der Waals surface area (Å²) in [5.74, 6) is 0.454. The first-order valence-corrected chi connectivity index (χ1v) is 8.07. The lowest BCUT2D eigenvalue weighted by molar-refractivity contribution is -0.117. The summed E-state index contributed by atoms with van der Waals surface area (Å²) in [7, 11) is -2.14. The van der Waals surface area contributed by atoms with E-state index in [9.17, 15) is 13.2 Å². The number of nitrogens with one attached hydrogen (secondary N) is 1. The number of anilines is 1. The summed E-state index contributed by atoms with van der Waals surface area (Å²) >= 11 is 0. The van der Waals surface area contributed by atoms with Crippen LogP contribution in [0.15, 0.2) is 35.7 Å². The van der Waals surface area contributed by atoms with Crippen molar-refractivity contribution in [3.8, 4) is 5.75 Å². The number of nitrogens with zero attached hydrogens (tertiary/aromatic N) is 1. The average Bonchev–Trinajstić information content (AvgIpc) is 2.90. The highest BCUT2D eigenvalue weighted by Gasteiger charge is 2.26. The van der Waals surface area contributed by atoms with E-state index in [0.717, 1.165) is 6.42 Å². The van der Waals surface area contributed by atoms with Gasteiger partial charge in [-0.05, 0) is 24.6 Å². The highest BCUT2D eigenvalue weighted by Crippen LogP contribution is 2.33. The Kier molecular flexibility index (Phi) is 4.64. The molecule has 114 valence electrons. The molecule has 1 heterocycles. The van der Waals surface area contributed by atoms with E-state index >= 15 is 0 Å². The molecule has 1 amide bonds. The van der Waals surface area contributed by atoms with Crippen molar-refractivity contribution in [2.75, 3.05) is 25.1 Å². The number of carbonyl (C=O) groups is 1.